The van der Waals surface area contributed by atoms with E-state index in [1.54, 1.807) is 19.1 Å². The number of nitrogens with zero attached hydrogens (tertiary/aromatic N) is 1. The highest BCUT2D eigenvalue weighted by Crippen LogP contribution is 2.13. The van der Waals surface area contributed by atoms with E-state index in [2.05, 4.69) is 17.2 Å². The van der Waals surface area contributed by atoms with Crippen molar-refractivity contribution in [3.8, 4) is 11.8 Å². The van der Waals surface area contributed by atoms with Gasteiger partial charge in [-0.1, -0.05) is 18.1 Å². The van der Waals surface area contributed by atoms with Gasteiger partial charge in [0, 0.05) is 20.6 Å². The average Bonchev–Trinajstić information content (AvgIpc) is 2.35. The van der Waals surface area contributed by atoms with Crippen LogP contribution in [-0.2, 0) is 16.6 Å². The summed E-state index contributed by atoms with van der Waals surface area (Å²) in [6.45, 7) is 3.10. The van der Waals surface area contributed by atoms with E-state index in [-0.39, 0.29) is 0 Å². The van der Waals surface area contributed by atoms with E-state index in [0.29, 0.717) is 18.0 Å². The Labute approximate surface area is 109 Å². The maximum atomic E-state index is 11.8. The van der Waals surface area contributed by atoms with Crippen molar-refractivity contribution in [1.82, 2.24) is 9.62 Å². The van der Waals surface area contributed by atoms with E-state index in [9.17, 15) is 8.42 Å². The van der Waals surface area contributed by atoms with E-state index >= 15 is 0 Å². The lowest BCUT2D eigenvalue weighted by Crippen LogP contribution is -2.22. The van der Waals surface area contributed by atoms with Crippen LogP contribution < -0.4 is 5.32 Å². The van der Waals surface area contributed by atoms with Crippen LogP contribution in [0.1, 0.15) is 12.5 Å². The first-order valence-electron chi connectivity index (χ1n) is 5.60. The van der Waals surface area contributed by atoms with Crippen LogP contribution in [0.4, 0.5) is 0 Å². The van der Waals surface area contributed by atoms with Gasteiger partial charge in [0.2, 0.25) is 10.0 Å². The molecule has 0 atom stereocenters. The van der Waals surface area contributed by atoms with Gasteiger partial charge in [-0.3, -0.25) is 0 Å². The normalized spacial score (nSPS) is 11.1. The molecule has 0 aliphatic carbocycles. The molecule has 1 aromatic carbocycles. The predicted octanol–water partition coefficient (Wildman–Crippen LogP) is 1.05. The van der Waals surface area contributed by atoms with Crippen LogP contribution >= 0.6 is 0 Å². The van der Waals surface area contributed by atoms with Crippen molar-refractivity contribution in [2.45, 2.75) is 18.4 Å². The summed E-state index contributed by atoms with van der Waals surface area (Å²) in [7, 11) is -0.288. The molecule has 0 aliphatic heterocycles. The largest absolute Gasteiger partial charge is 0.302 e. The van der Waals surface area contributed by atoms with E-state index in [1.807, 2.05) is 12.1 Å². The Morgan fingerprint density at radius 3 is 2.33 bits per heavy atom. The molecule has 1 N–H and O–H groups in total. The summed E-state index contributed by atoms with van der Waals surface area (Å²) in [4.78, 5) is 0.310. The zero-order valence-electron chi connectivity index (χ0n) is 10.9. The molecule has 1 aromatic rings. The molecule has 0 unspecified atom stereocenters. The summed E-state index contributed by atoms with van der Waals surface area (Å²) in [5.41, 5.74) is 1.03. The van der Waals surface area contributed by atoms with Gasteiger partial charge < -0.3 is 5.32 Å². The number of sulfonamides is 1. The summed E-state index contributed by atoms with van der Waals surface area (Å²) in [5, 5.41) is 3.15. The van der Waals surface area contributed by atoms with E-state index < -0.39 is 10.0 Å². The first kappa shape index (κ1) is 14.7. The van der Waals surface area contributed by atoms with Crippen molar-refractivity contribution in [3.63, 3.8) is 0 Å². The molecule has 0 fully saturated rings. The lowest BCUT2D eigenvalue weighted by atomic mass is 10.2. The number of nitrogens with one attached hydrogen (secondary N) is 1. The fourth-order valence-electron chi connectivity index (χ4n) is 1.35. The van der Waals surface area contributed by atoms with Crippen LogP contribution in [0.15, 0.2) is 29.2 Å². The number of benzene rings is 1. The second-order valence-corrected chi connectivity index (χ2v) is 6.11. The molecule has 5 heteroatoms. The monoisotopic (exact) mass is 266 g/mol. The molecule has 0 amide bonds. The molecular weight excluding hydrogens is 248 g/mol. The highest BCUT2D eigenvalue weighted by atomic mass is 32.2. The van der Waals surface area contributed by atoms with Gasteiger partial charge in [-0.25, -0.2) is 12.7 Å². The second-order valence-electron chi connectivity index (χ2n) is 3.96. The van der Waals surface area contributed by atoms with Gasteiger partial charge in [0.05, 0.1) is 11.4 Å². The first-order valence-corrected chi connectivity index (χ1v) is 7.04. The minimum Gasteiger partial charge on any atom is -0.302 e. The fourth-order valence-corrected chi connectivity index (χ4v) is 2.25. The van der Waals surface area contributed by atoms with Gasteiger partial charge in [0.1, 0.15) is 0 Å². The summed E-state index contributed by atoms with van der Waals surface area (Å²) >= 11 is 0. The molecule has 1 rings (SSSR count). The molecule has 0 radical (unpaired) electrons. The lowest BCUT2D eigenvalue weighted by molar-refractivity contribution is 0.520. The van der Waals surface area contributed by atoms with Crippen LogP contribution in [0.3, 0.4) is 0 Å². The predicted molar refractivity (Wildman–Crippen MR) is 72.5 cm³/mol. The van der Waals surface area contributed by atoms with Gasteiger partial charge in [0.15, 0.2) is 0 Å². The van der Waals surface area contributed by atoms with Gasteiger partial charge in [-0.2, -0.15) is 0 Å². The zero-order chi connectivity index (χ0) is 13.6. The molecule has 18 heavy (non-hydrogen) atoms. The Hall–Kier alpha value is -1.35. The van der Waals surface area contributed by atoms with Crippen LogP contribution in [0.25, 0.3) is 0 Å². The molecule has 0 bridgehead atoms. The quantitative estimate of drug-likeness (QED) is 0.640. The van der Waals surface area contributed by atoms with Crippen LogP contribution in [-0.4, -0.2) is 33.4 Å². The average molecular weight is 266 g/mol. The van der Waals surface area contributed by atoms with Crippen LogP contribution in [0.2, 0.25) is 0 Å². The van der Waals surface area contributed by atoms with Gasteiger partial charge >= 0.3 is 0 Å². The third-order valence-corrected chi connectivity index (χ3v) is 4.25. The maximum Gasteiger partial charge on any atom is 0.242 e. The third-order valence-electron chi connectivity index (χ3n) is 2.42. The molecule has 4 nitrogen and oxygen atoms in total. The SMILES string of the molecule is CC#CCNCc1ccc(S(=O)(=O)N(C)C)cc1. The molecule has 0 spiro atoms. The molecular formula is C13H18N2O2S. The zero-order valence-corrected chi connectivity index (χ0v) is 11.7. The van der Waals surface area contributed by atoms with Crippen molar-refractivity contribution in [3.05, 3.63) is 29.8 Å². The van der Waals surface area contributed by atoms with Crippen molar-refractivity contribution < 1.29 is 8.42 Å². The molecule has 0 saturated heterocycles. The summed E-state index contributed by atoms with van der Waals surface area (Å²) in [6.07, 6.45) is 0. The Kier molecular flexibility index (Phi) is 5.35. The summed E-state index contributed by atoms with van der Waals surface area (Å²) in [5.74, 6) is 5.70. The summed E-state index contributed by atoms with van der Waals surface area (Å²) < 4.78 is 24.9. The van der Waals surface area contributed by atoms with E-state index in [0.717, 1.165) is 5.56 Å². The molecule has 0 aromatic heterocycles. The molecule has 0 saturated carbocycles. The Bertz CT molecular complexity index is 537. The van der Waals surface area contributed by atoms with Crippen molar-refractivity contribution in [2.75, 3.05) is 20.6 Å². The molecule has 98 valence electrons. The number of hydrogen-bond donors (Lipinski definition) is 1. The summed E-state index contributed by atoms with van der Waals surface area (Å²) in [6, 6.07) is 6.86. The number of hydrogen-bond acceptors (Lipinski definition) is 3. The molecule has 0 heterocycles. The van der Waals surface area contributed by atoms with Crippen LogP contribution in [0, 0.1) is 11.8 Å². The van der Waals surface area contributed by atoms with Gasteiger partial charge in [-0.15, -0.1) is 5.92 Å². The van der Waals surface area contributed by atoms with Gasteiger partial charge in [-0.05, 0) is 24.6 Å². The Balaban J connectivity index is 2.71. The third kappa shape index (κ3) is 3.84. The van der Waals surface area contributed by atoms with Crippen LogP contribution in [0.5, 0.6) is 0 Å². The number of rotatable bonds is 5. The smallest absolute Gasteiger partial charge is 0.242 e. The van der Waals surface area contributed by atoms with Crippen molar-refractivity contribution in [1.29, 1.82) is 0 Å². The highest BCUT2D eigenvalue weighted by molar-refractivity contribution is 7.89. The van der Waals surface area contributed by atoms with Gasteiger partial charge in [0.25, 0.3) is 0 Å². The Morgan fingerprint density at radius 1 is 1.22 bits per heavy atom. The van der Waals surface area contributed by atoms with Crippen molar-refractivity contribution >= 4 is 10.0 Å². The minimum absolute atomic E-state index is 0.310. The molecule has 0 aliphatic rings. The highest BCUT2D eigenvalue weighted by Gasteiger charge is 2.16. The van der Waals surface area contributed by atoms with E-state index in [4.69, 9.17) is 0 Å². The Morgan fingerprint density at radius 2 is 1.83 bits per heavy atom. The van der Waals surface area contributed by atoms with E-state index in [1.165, 1.54) is 18.4 Å². The standard InChI is InChI=1S/C13H18N2O2S/c1-4-5-10-14-11-12-6-8-13(9-7-12)18(16,17)15(2)3/h6-9,14H,10-11H2,1-3H3. The van der Waals surface area contributed by atoms with Crippen molar-refractivity contribution in [2.24, 2.45) is 0 Å². The lowest BCUT2D eigenvalue weighted by Gasteiger charge is -2.11. The maximum absolute atomic E-state index is 11.8. The first-order chi connectivity index (χ1) is 8.48. The second kappa shape index (κ2) is 6.55. The topological polar surface area (TPSA) is 49.4 Å². The fraction of sp³-hybridized carbons (Fsp3) is 0.385. The minimum atomic E-state index is -3.33.